The maximum Gasteiger partial charge on any atom is 0.178 e. The van der Waals surface area contributed by atoms with E-state index in [0.29, 0.717) is 0 Å². The lowest BCUT2D eigenvalue weighted by Gasteiger charge is -2.50. The van der Waals surface area contributed by atoms with Crippen LogP contribution in [-0.2, 0) is 6.42 Å². The lowest BCUT2D eigenvalue weighted by Crippen LogP contribution is -2.44. The van der Waals surface area contributed by atoms with Gasteiger partial charge in [-0.25, -0.2) is 0 Å². The maximum atomic E-state index is 6.62. The van der Waals surface area contributed by atoms with Crippen molar-refractivity contribution in [3.05, 3.63) is 173 Å². The Labute approximate surface area is 294 Å². The molecule has 6 nitrogen and oxygen atoms in total. The van der Waals surface area contributed by atoms with E-state index in [9.17, 15) is 0 Å². The van der Waals surface area contributed by atoms with Crippen LogP contribution in [0.4, 0.5) is 0 Å². The molecular weight excluding hydrogens is 629 g/mol. The van der Waals surface area contributed by atoms with E-state index in [2.05, 4.69) is 161 Å². The molecule has 1 fully saturated rings. The van der Waals surface area contributed by atoms with Crippen molar-refractivity contribution in [2.45, 2.75) is 31.3 Å². The third-order valence-electron chi connectivity index (χ3n) is 10.7. The van der Waals surface area contributed by atoms with Crippen molar-refractivity contribution in [2.75, 3.05) is 0 Å². The second-order valence-electron chi connectivity index (χ2n) is 13.6. The van der Waals surface area contributed by atoms with Gasteiger partial charge in [-0.15, -0.1) is 0 Å². The highest BCUT2D eigenvalue weighted by molar-refractivity contribution is 6.16. The van der Waals surface area contributed by atoms with E-state index in [4.69, 9.17) is 14.2 Å². The summed E-state index contributed by atoms with van der Waals surface area (Å²) in [4.78, 5) is 0. The molecule has 3 atom stereocenters. The minimum Gasteiger partial charge on any atom is -0.624 e. The van der Waals surface area contributed by atoms with Gasteiger partial charge in [0.1, 0.15) is 11.3 Å². The van der Waals surface area contributed by atoms with Crippen LogP contribution >= 0.6 is 0 Å². The number of rotatable bonds is 4. The Hall–Kier alpha value is -5.92. The summed E-state index contributed by atoms with van der Waals surface area (Å²) in [6.45, 7) is 0. The van der Waals surface area contributed by atoms with Gasteiger partial charge < -0.3 is 29.4 Å². The van der Waals surface area contributed by atoms with Crippen LogP contribution in [0.1, 0.15) is 52.9 Å². The number of hydrogen-bond donors (Lipinski definition) is 2. The summed E-state index contributed by atoms with van der Waals surface area (Å²) < 4.78 is 15.5. The number of nitrogens with one attached hydrogen (secondary N) is 2. The molecule has 6 heteroatoms. The van der Waals surface area contributed by atoms with Gasteiger partial charge in [0, 0.05) is 44.6 Å². The molecule has 3 aromatic heterocycles. The molecule has 1 aliphatic heterocycles. The second-order valence-corrected chi connectivity index (χ2v) is 13.6. The van der Waals surface area contributed by atoms with E-state index in [0.717, 1.165) is 73.9 Å². The molecule has 4 heterocycles. The maximum absolute atomic E-state index is 6.62. The highest BCUT2D eigenvalue weighted by Crippen LogP contribution is 2.45. The first-order valence-electron chi connectivity index (χ1n) is 17.7. The number of aromatic nitrogens is 1. The molecule has 2 aliphatic rings. The molecule has 0 amide bonds. The summed E-state index contributed by atoms with van der Waals surface area (Å²) in [6.07, 6.45) is 5.58. The van der Waals surface area contributed by atoms with E-state index >= 15 is 0 Å². The standard InChI is InChI=1S/C45H33N4O2/c1-2-12-27(13-3-1)43-46-44(28-14-10-15-29(26-28)49-36-20-7-4-16-30(36)31-17-5-8-21-37(31)49)48-45(47-43)35-19-11-23-39-40(35)34-25-24-33-32-18-6-9-22-38(32)50-41(33)42(34)51-39/h1-8,10-21,23-26,43-47H,9,22H2/q-1. The largest absolute Gasteiger partial charge is 0.624 e. The molecule has 9 aromatic rings. The molecule has 0 saturated carbocycles. The van der Waals surface area contributed by atoms with Gasteiger partial charge in [-0.3, -0.25) is 0 Å². The topological polar surface area (TPSA) is 69.4 Å². The van der Waals surface area contributed by atoms with Crippen molar-refractivity contribution in [2.24, 2.45) is 0 Å². The first-order valence-corrected chi connectivity index (χ1v) is 17.7. The fourth-order valence-corrected chi connectivity index (χ4v) is 8.37. The van der Waals surface area contributed by atoms with Crippen LogP contribution < -0.4 is 10.6 Å². The van der Waals surface area contributed by atoms with Crippen molar-refractivity contribution >= 4 is 60.8 Å². The van der Waals surface area contributed by atoms with Gasteiger partial charge in [0.15, 0.2) is 11.2 Å². The number of hydrogen-bond acceptors (Lipinski definition) is 4. The number of allylic oxidation sites excluding steroid dienone is 1. The third-order valence-corrected chi connectivity index (χ3v) is 10.7. The Morgan fingerprint density at radius 3 is 2.16 bits per heavy atom. The Kier molecular flexibility index (Phi) is 6.40. The van der Waals surface area contributed by atoms with E-state index in [-0.39, 0.29) is 18.5 Å². The zero-order chi connectivity index (χ0) is 33.5. The average molecular weight is 662 g/mol. The third kappa shape index (κ3) is 4.47. The van der Waals surface area contributed by atoms with Crippen LogP contribution in [-0.4, -0.2) is 4.57 Å². The van der Waals surface area contributed by atoms with E-state index in [1.54, 1.807) is 0 Å². The van der Waals surface area contributed by atoms with Crippen LogP contribution in [0.3, 0.4) is 0 Å². The number of aryl methyl sites for hydroxylation is 1. The van der Waals surface area contributed by atoms with Crippen LogP contribution in [0, 0.1) is 0 Å². The first kappa shape index (κ1) is 28.9. The smallest absolute Gasteiger partial charge is 0.178 e. The Balaban J connectivity index is 1.05. The van der Waals surface area contributed by atoms with Crippen molar-refractivity contribution in [3.63, 3.8) is 0 Å². The van der Waals surface area contributed by atoms with Gasteiger partial charge >= 0.3 is 0 Å². The van der Waals surface area contributed by atoms with Crippen LogP contribution in [0.25, 0.3) is 71.8 Å². The minimum atomic E-state index is -0.314. The van der Waals surface area contributed by atoms with Gasteiger partial charge in [0.05, 0.1) is 17.2 Å². The summed E-state index contributed by atoms with van der Waals surface area (Å²) in [7, 11) is 0. The summed E-state index contributed by atoms with van der Waals surface area (Å²) in [5.41, 5.74) is 10.4. The van der Waals surface area contributed by atoms with E-state index in [1.807, 2.05) is 0 Å². The zero-order valence-corrected chi connectivity index (χ0v) is 27.7. The molecule has 51 heavy (non-hydrogen) atoms. The number of para-hydroxylation sites is 2. The fraction of sp³-hybridized carbons (Fsp3) is 0.111. The molecule has 1 saturated heterocycles. The minimum absolute atomic E-state index is 0.140. The molecule has 1 aliphatic carbocycles. The number of benzene rings is 6. The predicted octanol–water partition coefficient (Wildman–Crippen LogP) is 11.4. The molecule has 0 radical (unpaired) electrons. The molecule has 0 spiro atoms. The summed E-state index contributed by atoms with van der Waals surface area (Å²) in [5.74, 6) is 1.03. The molecule has 246 valence electrons. The van der Waals surface area contributed by atoms with Gasteiger partial charge in [-0.2, -0.15) is 0 Å². The van der Waals surface area contributed by atoms with Crippen molar-refractivity contribution in [1.82, 2.24) is 15.2 Å². The van der Waals surface area contributed by atoms with Gasteiger partial charge in [-0.1, -0.05) is 115 Å². The lowest BCUT2D eigenvalue weighted by molar-refractivity contribution is 0.317. The second kappa shape index (κ2) is 11.3. The highest BCUT2D eigenvalue weighted by atomic mass is 16.4. The predicted molar refractivity (Wildman–Crippen MR) is 206 cm³/mol. The normalized spacial score (nSPS) is 19.1. The molecule has 2 N–H and O–H groups in total. The van der Waals surface area contributed by atoms with E-state index < -0.39 is 0 Å². The summed E-state index contributed by atoms with van der Waals surface area (Å²) in [6, 6.07) is 47.3. The average Bonchev–Trinajstić information content (AvgIpc) is 3.88. The van der Waals surface area contributed by atoms with Gasteiger partial charge in [0.2, 0.25) is 0 Å². The Morgan fingerprint density at radius 1 is 0.608 bits per heavy atom. The molecule has 0 bridgehead atoms. The molecule has 11 rings (SSSR count). The fourth-order valence-electron chi connectivity index (χ4n) is 8.37. The molecule has 3 unspecified atom stereocenters. The van der Waals surface area contributed by atoms with Gasteiger partial charge in [-0.05, 0) is 65.6 Å². The summed E-state index contributed by atoms with van der Waals surface area (Å²) >= 11 is 0. The summed E-state index contributed by atoms with van der Waals surface area (Å²) in [5, 5.41) is 18.9. The van der Waals surface area contributed by atoms with Crippen LogP contribution in [0.15, 0.2) is 148 Å². The monoisotopic (exact) mass is 661 g/mol. The SMILES string of the molecule is C1=Cc2c(oc3c2ccc2c3oc3cccc(C4[N-]C(c5cccc(-n6c7ccccc7c7ccccc76)c5)NC(c5ccccc5)N4)c32)CC1. The number of fused-ring (bicyclic) bond motifs is 10. The first-order chi connectivity index (χ1) is 25.3. The van der Waals surface area contributed by atoms with Crippen molar-refractivity contribution in [1.29, 1.82) is 0 Å². The van der Waals surface area contributed by atoms with Crippen LogP contribution in [0.5, 0.6) is 0 Å². The van der Waals surface area contributed by atoms with Crippen LogP contribution in [0.2, 0.25) is 0 Å². The Morgan fingerprint density at radius 2 is 1.31 bits per heavy atom. The number of furan rings is 2. The molecule has 6 aromatic carbocycles. The highest BCUT2D eigenvalue weighted by Gasteiger charge is 2.26. The lowest BCUT2D eigenvalue weighted by atomic mass is 9.99. The van der Waals surface area contributed by atoms with Gasteiger partial charge in [0.25, 0.3) is 0 Å². The zero-order valence-electron chi connectivity index (χ0n) is 27.7. The number of nitrogens with zero attached hydrogens (tertiary/aromatic N) is 2. The molecular formula is C45H33N4O2-. The Bertz CT molecular complexity index is 2770. The van der Waals surface area contributed by atoms with Crippen molar-refractivity contribution in [3.8, 4) is 5.69 Å². The van der Waals surface area contributed by atoms with Crippen molar-refractivity contribution < 1.29 is 8.83 Å². The van der Waals surface area contributed by atoms with E-state index in [1.165, 1.54) is 27.4 Å². The quantitative estimate of drug-likeness (QED) is 0.197.